The second-order valence-corrected chi connectivity index (χ2v) is 4.82. The number of nitrogens with one attached hydrogen (secondary N) is 2. The molecule has 1 aliphatic rings. The summed E-state index contributed by atoms with van der Waals surface area (Å²) in [6, 6.07) is 2.36. The molecule has 5 nitrogen and oxygen atoms in total. The Morgan fingerprint density at radius 2 is 2.33 bits per heavy atom. The molecule has 0 saturated carbocycles. The first-order chi connectivity index (χ1) is 8.68. The van der Waals surface area contributed by atoms with Crippen LogP contribution >= 0.6 is 0 Å². The van der Waals surface area contributed by atoms with E-state index >= 15 is 0 Å². The van der Waals surface area contributed by atoms with Crippen molar-refractivity contribution in [3.63, 3.8) is 0 Å². The maximum absolute atomic E-state index is 11.3. The highest BCUT2D eigenvalue weighted by molar-refractivity contribution is 5.73. The van der Waals surface area contributed by atoms with Gasteiger partial charge in [-0.2, -0.15) is 0 Å². The largest absolute Gasteiger partial charge is 0.469 e. The first-order valence-corrected chi connectivity index (χ1v) is 6.43. The van der Waals surface area contributed by atoms with E-state index in [9.17, 15) is 4.79 Å². The van der Waals surface area contributed by atoms with E-state index < -0.39 is 0 Å². The van der Waals surface area contributed by atoms with Crippen LogP contribution in [0, 0.1) is 0 Å². The van der Waals surface area contributed by atoms with Crippen LogP contribution < -0.4 is 10.6 Å². The molecule has 18 heavy (non-hydrogen) atoms. The zero-order chi connectivity index (χ0) is 13.0. The standard InChI is InChI=1S/C13H21N3O2/c1-16(2)13(17)15-8-7-14-11-4-3-5-12-10(11)6-9-18-12/h6,9,11,14H,3-5,7-8H2,1-2H3,(H,15,17). The molecule has 0 saturated heterocycles. The molecule has 1 aromatic rings. The number of hydrogen-bond donors (Lipinski definition) is 2. The number of aryl methyl sites for hydroxylation is 1. The molecule has 0 fully saturated rings. The van der Waals surface area contributed by atoms with Gasteiger partial charge in [-0.3, -0.25) is 0 Å². The highest BCUT2D eigenvalue weighted by atomic mass is 16.3. The zero-order valence-corrected chi connectivity index (χ0v) is 11.0. The summed E-state index contributed by atoms with van der Waals surface area (Å²) in [4.78, 5) is 12.9. The van der Waals surface area contributed by atoms with Gasteiger partial charge in [0.1, 0.15) is 5.76 Å². The molecule has 5 heteroatoms. The van der Waals surface area contributed by atoms with E-state index in [0.29, 0.717) is 12.6 Å². The van der Waals surface area contributed by atoms with Crippen LogP contribution in [0.25, 0.3) is 0 Å². The van der Waals surface area contributed by atoms with Crippen LogP contribution in [0.1, 0.15) is 30.2 Å². The van der Waals surface area contributed by atoms with Crippen LogP contribution in [0.15, 0.2) is 16.7 Å². The lowest BCUT2D eigenvalue weighted by Crippen LogP contribution is -2.39. The fourth-order valence-electron chi connectivity index (χ4n) is 2.27. The zero-order valence-electron chi connectivity index (χ0n) is 11.0. The molecular formula is C13H21N3O2. The highest BCUT2D eigenvalue weighted by Gasteiger charge is 2.21. The van der Waals surface area contributed by atoms with Gasteiger partial charge in [0.25, 0.3) is 0 Å². The maximum Gasteiger partial charge on any atom is 0.316 e. The fraction of sp³-hybridized carbons (Fsp3) is 0.615. The van der Waals surface area contributed by atoms with Gasteiger partial charge in [-0.15, -0.1) is 0 Å². The van der Waals surface area contributed by atoms with Crippen LogP contribution in [-0.4, -0.2) is 38.1 Å². The van der Waals surface area contributed by atoms with Crippen LogP contribution in [0.4, 0.5) is 4.79 Å². The Morgan fingerprint density at radius 1 is 1.50 bits per heavy atom. The number of amides is 2. The van der Waals surface area contributed by atoms with E-state index in [-0.39, 0.29) is 6.03 Å². The molecule has 0 aliphatic heterocycles. The summed E-state index contributed by atoms with van der Waals surface area (Å²) in [6.07, 6.45) is 5.09. The number of urea groups is 1. The van der Waals surface area contributed by atoms with E-state index in [1.807, 2.05) is 6.07 Å². The van der Waals surface area contributed by atoms with Gasteiger partial charge in [0.15, 0.2) is 0 Å². The average Bonchev–Trinajstić information content (AvgIpc) is 2.83. The van der Waals surface area contributed by atoms with E-state index in [1.165, 1.54) is 10.5 Å². The lowest BCUT2D eigenvalue weighted by Gasteiger charge is -2.23. The molecule has 1 heterocycles. The molecule has 2 rings (SSSR count). The first-order valence-electron chi connectivity index (χ1n) is 6.43. The Bertz CT molecular complexity index is 401. The molecular weight excluding hydrogens is 230 g/mol. The predicted molar refractivity (Wildman–Crippen MR) is 69.5 cm³/mol. The quantitative estimate of drug-likeness (QED) is 0.798. The topological polar surface area (TPSA) is 57.5 Å². The van der Waals surface area contributed by atoms with Gasteiger partial charge in [-0.1, -0.05) is 0 Å². The molecule has 0 bridgehead atoms. The molecule has 0 radical (unpaired) electrons. The summed E-state index contributed by atoms with van der Waals surface area (Å²) in [5.41, 5.74) is 1.28. The number of nitrogens with zero attached hydrogens (tertiary/aromatic N) is 1. The SMILES string of the molecule is CN(C)C(=O)NCCNC1CCCc2occc21. The molecule has 2 amide bonds. The van der Waals surface area contributed by atoms with Crippen molar-refractivity contribution in [2.24, 2.45) is 0 Å². The molecule has 1 atom stereocenters. The minimum atomic E-state index is -0.0514. The Balaban J connectivity index is 1.74. The molecule has 1 aliphatic carbocycles. The average molecular weight is 251 g/mol. The summed E-state index contributed by atoms with van der Waals surface area (Å²) >= 11 is 0. The van der Waals surface area contributed by atoms with Gasteiger partial charge in [0.05, 0.1) is 6.26 Å². The summed E-state index contributed by atoms with van der Waals surface area (Å²) in [5.74, 6) is 1.11. The highest BCUT2D eigenvalue weighted by Crippen LogP contribution is 2.29. The van der Waals surface area contributed by atoms with Gasteiger partial charge in [0, 0.05) is 45.2 Å². The number of carbonyl (C=O) groups is 1. The Hall–Kier alpha value is -1.49. The van der Waals surface area contributed by atoms with Crippen molar-refractivity contribution in [1.29, 1.82) is 0 Å². The van der Waals surface area contributed by atoms with Crippen molar-refractivity contribution in [2.45, 2.75) is 25.3 Å². The molecule has 0 spiro atoms. The van der Waals surface area contributed by atoms with Crippen molar-refractivity contribution in [3.8, 4) is 0 Å². The monoisotopic (exact) mass is 251 g/mol. The third-order valence-corrected chi connectivity index (χ3v) is 3.25. The van der Waals surface area contributed by atoms with Crippen LogP contribution in [-0.2, 0) is 6.42 Å². The molecule has 1 aromatic heterocycles. The first kappa shape index (κ1) is 13.0. The van der Waals surface area contributed by atoms with Crippen molar-refractivity contribution in [3.05, 3.63) is 23.7 Å². The summed E-state index contributed by atoms with van der Waals surface area (Å²) in [6.45, 7) is 1.41. The molecule has 0 aromatic carbocycles. The lowest BCUT2D eigenvalue weighted by atomic mass is 9.93. The summed E-state index contributed by atoms with van der Waals surface area (Å²) in [7, 11) is 3.48. The van der Waals surface area contributed by atoms with Gasteiger partial charge < -0.3 is 20.0 Å². The second kappa shape index (κ2) is 5.91. The number of rotatable bonds is 4. The smallest absolute Gasteiger partial charge is 0.316 e. The Morgan fingerprint density at radius 3 is 3.11 bits per heavy atom. The Kier molecular flexibility index (Phi) is 4.25. The number of carbonyl (C=O) groups excluding carboxylic acids is 1. The lowest BCUT2D eigenvalue weighted by molar-refractivity contribution is 0.217. The normalized spacial score (nSPS) is 18.2. The van der Waals surface area contributed by atoms with E-state index in [2.05, 4.69) is 10.6 Å². The summed E-state index contributed by atoms with van der Waals surface area (Å²) in [5, 5.41) is 6.31. The van der Waals surface area contributed by atoms with Gasteiger partial charge >= 0.3 is 6.03 Å². The number of fused-ring (bicyclic) bond motifs is 1. The molecule has 100 valence electrons. The van der Waals surface area contributed by atoms with Crippen molar-refractivity contribution in [2.75, 3.05) is 27.2 Å². The van der Waals surface area contributed by atoms with Crippen molar-refractivity contribution < 1.29 is 9.21 Å². The van der Waals surface area contributed by atoms with Crippen molar-refractivity contribution >= 4 is 6.03 Å². The number of hydrogen-bond acceptors (Lipinski definition) is 3. The van der Waals surface area contributed by atoms with Gasteiger partial charge in [-0.05, 0) is 18.9 Å². The van der Waals surface area contributed by atoms with Gasteiger partial charge in [0.2, 0.25) is 0 Å². The Labute approximate surface area is 108 Å². The second-order valence-electron chi connectivity index (χ2n) is 4.82. The minimum Gasteiger partial charge on any atom is -0.469 e. The minimum absolute atomic E-state index is 0.0514. The third kappa shape index (κ3) is 3.04. The third-order valence-electron chi connectivity index (χ3n) is 3.25. The summed E-state index contributed by atoms with van der Waals surface area (Å²) < 4.78 is 5.45. The van der Waals surface area contributed by atoms with E-state index in [1.54, 1.807) is 20.4 Å². The predicted octanol–water partition coefficient (Wildman–Crippen LogP) is 1.52. The fourth-order valence-corrected chi connectivity index (χ4v) is 2.27. The molecule has 1 unspecified atom stereocenters. The molecule has 2 N–H and O–H groups in total. The van der Waals surface area contributed by atoms with Crippen LogP contribution in [0.5, 0.6) is 0 Å². The van der Waals surface area contributed by atoms with Crippen LogP contribution in [0.2, 0.25) is 0 Å². The van der Waals surface area contributed by atoms with Gasteiger partial charge in [-0.25, -0.2) is 4.79 Å². The number of furan rings is 1. The van der Waals surface area contributed by atoms with E-state index in [0.717, 1.165) is 31.6 Å². The van der Waals surface area contributed by atoms with Crippen LogP contribution in [0.3, 0.4) is 0 Å². The van der Waals surface area contributed by atoms with Crippen molar-refractivity contribution in [1.82, 2.24) is 15.5 Å². The maximum atomic E-state index is 11.3. The van der Waals surface area contributed by atoms with E-state index in [4.69, 9.17) is 4.42 Å².